The Kier molecular flexibility index (Phi) is 2.92. The molecule has 0 radical (unpaired) electrons. The van der Waals surface area contributed by atoms with Crippen LogP contribution in [0.1, 0.15) is 19.3 Å². The molecule has 5 atom stereocenters. The number of urea groups is 1. The van der Waals surface area contributed by atoms with Crippen molar-refractivity contribution in [3.05, 3.63) is 0 Å². The van der Waals surface area contributed by atoms with Crippen LogP contribution in [0.3, 0.4) is 0 Å². The zero-order chi connectivity index (χ0) is 12.8. The van der Waals surface area contributed by atoms with Gasteiger partial charge in [0.05, 0.1) is 18.8 Å². The van der Waals surface area contributed by atoms with Gasteiger partial charge in [-0.2, -0.15) is 0 Å². The summed E-state index contributed by atoms with van der Waals surface area (Å²) in [4.78, 5) is 14.3. The maximum Gasteiger partial charge on any atom is 0.317 e. The van der Waals surface area contributed by atoms with Crippen LogP contribution in [0.2, 0.25) is 0 Å². The normalized spacial score (nSPS) is 44.4. The topological polar surface area (TPSA) is 53.6 Å². The van der Waals surface area contributed by atoms with Gasteiger partial charge in [0.2, 0.25) is 0 Å². The largest absolute Gasteiger partial charge is 0.375 e. The molecule has 2 N–H and O–H groups in total. The predicted molar refractivity (Wildman–Crippen MR) is 70.8 cm³/mol. The summed E-state index contributed by atoms with van der Waals surface area (Å²) in [5, 5.41) is 6.60. The van der Waals surface area contributed by atoms with Crippen LogP contribution in [0.4, 0.5) is 4.79 Å². The van der Waals surface area contributed by atoms with Gasteiger partial charge >= 0.3 is 6.03 Å². The van der Waals surface area contributed by atoms with Crippen LogP contribution in [0, 0.1) is 17.8 Å². The zero-order valence-electron chi connectivity index (χ0n) is 11.3. The van der Waals surface area contributed by atoms with Gasteiger partial charge in [-0.3, -0.25) is 0 Å². The van der Waals surface area contributed by atoms with Gasteiger partial charge in [0, 0.05) is 19.6 Å². The molecule has 5 nitrogen and oxygen atoms in total. The van der Waals surface area contributed by atoms with Crippen molar-refractivity contribution in [3.63, 3.8) is 0 Å². The molecule has 5 heteroatoms. The molecule has 2 bridgehead atoms. The van der Waals surface area contributed by atoms with Crippen molar-refractivity contribution in [1.29, 1.82) is 0 Å². The highest BCUT2D eigenvalue weighted by molar-refractivity contribution is 5.74. The highest BCUT2D eigenvalue weighted by Gasteiger charge is 2.57. The average Bonchev–Trinajstić information content (AvgIpc) is 2.92. The molecule has 4 fully saturated rings. The van der Waals surface area contributed by atoms with Crippen molar-refractivity contribution >= 4 is 6.03 Å². The fourth-order valence-corrected chi connectivity index (χ4v) is 4.57. The molecule has 0 spiro atoms. The molecule has 19 heavy (non-hydrogen) atoms. The van der Waals surface area contributed by atoms with Crippen molar-refractivity contribution in [2.24, 2.45) is 17.8 Å². The minimum absolute atomic E-state index is 0.119. The molecule has 2 aliphatic carbocycles. The first-order valence-corrected chi connectivity index (χ1v) is 7.70. The minimum atomic E-state index is 0.119. The summed E-state index contributed by atoms with van der Waals surface area (Å²) in [5.41, 5.74) is 0. The van der Waals surface area contributed by atoms with E-state index in [-0.39, 0.29) is 12.1 Å². The third-order valence-electron chi connectivity index (χ3n) is 5.49. The Bertz CT molecular complexity index is 366. The summed E-state index contributed by atoms with van der Waals surface area (Å²) in [7, 11) is 0. The number of carbonyl (C=O) groups excluding carboxylic acids is 1. The van der Waals surface area contributed by atoms with E-state index in [1.165, 1.54) is 12.8 Å². The van der Waals surface area contributed by atoms with E-state index < -0.39 is 0 Å². The Labute approximate surface area is 114 Å². The van der Waals surface area contributed by atoms with Crippen molar-refractivity contribution in [2.75, 3.05) is 32.8 Å². The molecule has 2 aliphatic heterocycles. The van der Waals surface area contributed by atoms with E-state index in [4.69, 9.17) is 4.74 Å². The van der Waals surface area contributed by atoms with Gasteiger partial charge < -0.3 is 20.3 Å². The van der Waals surface area contributed by atoms with E-state index >= 15 is 0 Å². The third-order valence-corrected chi connectivity index (χ3v) is 5.49. The predicted octanol–water partition coefficient (Wildman–Crippen LogP) is 0.415. The molecule has 0 aromatic rings. The first-order valence-electron chi connectivity index (χ1n) is 7.70. The van der Waals surface area contributed by atoms with Gasteiger partial charge in [-0.05, 0) is 43.6 Å². The van der Waals surface area contributed by atoms with Crippen LogP contribution in [0.5, 0.6) is 0 Å². The quantitative estimate of drug-likeness (QED) is 0.722. The van der Waals surface area contributed by atoms with Crippen molar-refractivity contribution in [1.82, 2.24) is 15.5 Å². The average molecular weight is 265 g/mol. The second-order valence-electron chi connectivity index (χ2n) is 6.52. The molecule has 2 amide bonds. The van der Waals surface area contributed by atoms with Crippen LogP contribution in [-0.2, 0) is 4.74 Å². The maximum atomic E-state index is 12.4. The van der Waals surface area contributed by atoms with Crippen molar-refractivity contribution in [3.8, 4) is 0 Å². The third kappa shape index (κ3) is 1.94. The number of nitrogens with zero attached hydrogens (tertiary/aromatic N) is 1. The Morgan fingerprint density at radius 2 is 2.16 bits per heavy atom. The first-order chi connectivity index (χ1) is 9.33. The molecule has 106 valence electrons. The summed E-state index contributed by atoms with van der Waals surface area (Å²) in [6.45, 7) is 4.54. The number of amides is 2. The van der Waals surface area contributed by atoms with Gasteiger partial charge in [-0.25, -0.2) is 4.79 Å². The van der Waals surface area contributed by atoms with Crippen LogP contribution in [-0.4, -0.2) is 55.9 Å². The number of nitrogens with one attached hydrogen (secondary N) is 2. The molecular weight excluding hydrogens is 242 g/mol. The standard InChI is InChI=1S/C14H23N3O2/c18-14(17-4-1-2-15-3-5-17)16-12-9-6-10-8-19-13(12)11(10)7-9/h9-13,15H,1-8H2,(H,16,18). The Balaban J connectivity index is 1.40. The van der Waals surface area contributed by atoms with Crippen molar-refractivity contribution in [2.45, 2.75) is 31.4 Å². The SMILES string of the molecule is O=C(NC1C2CC3COC1C3C2)N1CCCNCC1. The van der Waals surface area contributed by atoms with E-state index in [0.717, 1.165) is 51.0 Å². The van der Waals surface area contributed by atoms with Crippen LogP contribution >= 0.6 is 0 Å². The Hall–Kier alpha value is -0.810. The maximum absolute atomic E-state index is 12.4. The van der Waals surface area contributed by atoms with Gasteiger partial charge in [0.1, 0.15) is 0 Å². The summed E-state index contributed by atoms with van der Waals surface area (Å²) in [6, 6.07) is 0.390. The summed E-state index contributed by atoms with van der Waals surface area (Å²) < 4.78 is 5.91. The van der Waals surface area contributed by atoms with Gasteiger partial charge in [-0.1, -0.05) is 0 Å². The number of rotatable bonds is 1. The number of carbonyl (C=O) groups is 1. The fraction of sp³-hybridized carbons (Fsp3) is 0.929. The molecule has 2 saturated carbocycles. The van der Waals surface area contributed by atoms with E-state index in [2.05, 4.69) is 10.6 Å². The van der Waals surface area contributed by atoms with Gasteiger partial charge in [0.25, 0.3) is 0 Å². The van der Waals surface area contributed by atoms with Gasteiger partial charge in [0.15, 0.2) is 0 Å². The zero-order valence-corrected chi connectivity index (χ0v) is 11.3. The number of ether oxygens (including phenoxy) is 1. The Morgan fingerprint density at radius 1 is 1.21 bits per heavy atom. The van der Waals surface area contributed by atoms with E-state index in [0.29, 0.717) is 12.0 Å². The van der Waals surface area contributed by atoms with Crippen LogP contribution in [0.15, 0.2) is 0 Å². The number of hydrogen-bond donors (Lipinski definition) is 2. The van der Waals surface area contributed by atoms with Gasteiger partial charge in [-0.15, -0.1) is 0 Å². The lowest BCUT2D eigenvalue weighted by molar-refractivity contribution is 0.0762. The molecule has 2 saturated heterocycles. The fourth-order valence-electron chi connectivity index (χ4n) is 4.57. The van der Waals surface area contributed by atoms with Crippen LogP contribution < -0.4 is 10.6 Å². The molecule has 2 heterocycles. The number of hydrogen-bond acceptors (Lipinski definition) is 3. The van der Waals surface area contributed by atoms with Crippen molar-refractivity contribution < 1.29 is 9.53 Å². The Morgan fingerprint density at radius 3 is 3.11 bits per heavy atom. The second kappa shape index (κ2) is 4.63. The lowest BCUT2D eigenvalue weighted by Crippen LogP contribution is -2.52. The van der Waals surface area contributed by atoms with E-state index in [1.54, 1.807) is 0 Å². The molecule has 0 aromatic carbocycles. The molecule has 0 aromatic heterocycles. The lowest BCUT2D eigenvalue weighted by Gasteiger charge is -2.30. The highest BCUT2D eigenvalue weighted by atomic mass is 16.5. The molecular formula is C14H23N3O2. The lowest BCUT2D eigenvalue weighted by atomic mass is 9.87. The minimum Gasteiger partial charge on any atom is -0.375 e. The second-order valence-corrected chi connectivity index (χ2v) is 6.52. The van der Waals surface area contributed by atoms with E-state index in [1.807, 2.05) is 4.90 Å². The summed E-state index contributed by atoms with van der Waals surface area (Å²) in [5.74, 6) is 2.17. The summed E-state index contributed by atoms with van der Waals surface area (Å²) in [6.07, 6.45) is 3.87. The molecule has 5 unspecified atom stereocenters. The summed E-state index contributed by atoms with van der Waals surface area (Å²) >= 11 is 0. The monoisotopic (exact) mass is 265 g/mol. The van der Waals surface area contributed by atoms with E-state index in [9.17, 15) is 4.79 Å². The molecule has 4 aliphatic rings. The smallest absolute Gasteiger partial charge is 0.317 e. The molecule has 4 rings (SSSR count). The first kappa shape index (κ1) is 12.0. The highest BCUT2D eigenvalue weighted by Crippen LogP contribution is 2.53. The van der Waals surface area contributed by atoms with Crippen LogP contribution in [0.25, 0.3) is 0 Å². The number of fused-ring (bicyclic) bond motifs is 1.